The second-order valence-electron chi connectivity index (χ2n) is 4.43. The van der Waals surface area contributed by atoms with Crippen molar-refractivity contribution in [1.82, 2.24) is 9.88 Å². The number of aromatic nitrogens is 1. The number of pyridine rings is 1. The highest BCUT2D eigenvalue weighted by atomic mass is 32.2. The fourth-order valence-electron chi connectivity index (χ4n) is 1.78. The van der Waals surface area contributed by atoms with E-state index in [1.54, 1.807) is 17.3 Å². The van der Waals surface area contributed by atoms with Gasteiger partial charge in [0.25, 0.3) is 0 Å². The highest BCUT2D eigenvalue weighted by Crippen LogP contribution is 2.28. The second kappa shape index (κ2) is 6.56. The monoisotopic (exact) mass is 280 g/mol. The zero-order valence-electron chi connectivity index (χ0n) is 10.5. The van der Waals surface area contributed by atoms with Crippen LogP contribution in [0.3, 0.4) is 0 Å². The molecule has 2 rings (SSSR count). The summed E-state index contributed by atoms with van der Waals surface area (Å²) in [6, 6.07) is 3.97. The number of carbonyl (C=O) groups excluding carboxylic acids is 1. The number of carboxylic acid groups (broad SMARTS) is 1. The van der Waals surface area contributed by atoms with Crippen molar-refractivity contribution in [2.75, 3.05) is 12.3 Å². The van der Waals surface area contributed by atoms with Gasteiger partial charge in [-0.1, -0.05) is 0 Å². The molecular formula is C13H16N2O3S. The van der Waals surface area contributed by atoms with Crippen molar-refractivity contribution in [2.45, 2.75) is 30.2 Å². The van der Waals surface area contributed by atoms with Crippen molar-refractivity contribution in [1.29, 1.82) is 0 Å². The molecule has 0 saturated heterocycles. The zero-order valence-corrected chi connectivity index (χ0v) is 11.3. The summed E-state index contributed by atoms with van der Waals surface area (Å²) in [4.78, 5) is 29.3. The molecular weight excluding hydrogens is 264 g/mol. The standard InChI is InChI=1S/C13H16N2O3S/c16-12(9-19-11-3-6-14-7-4-11)15(10-1-2-10)8-5-13(17)18/h3-4,6-7,10H,1-2,5,8-9H2,(H,17,18). The minimum atomic E-state index is -0.861. The van der Waals surface area contributed by atoms with Gasteiger partial charge in [0.2, 0.25) is 5.91 Å². The van der Waals surface area contributed by atoms with Crippen molar-refractivity contribution in [3.05, 3.63) is 24.5 Å². The quantitative estimate of drug-likeness (QED) is 0.769. The van der Waals surface area contributed by atoms with E-state index < -0.39 is 5.97 Å². The van der Waals surface area contributed by atoms with Crippen LogP contribution in [-0.2, 0) is 9.59 Å². The van der Waals surface area contributed by atoms with E-state index in [-0.39, 0.29) is 18.4 Å². The summed E-state index contributed by atoms with van der Waals surface area (Å²) >= 11 is 1.46. The molecule has 6 heteroatoms. The number of amides is 1. The SMILES string of the molecule is O=C(O)CCN(C(=O)CSc1ccncc1)C1CC1. The molecule has 0 bridgehead atoms. The Bertz CT molecular complexity index is 448. The molecule has 1 fully saturated rings. The van der Waals surface area contributed by atoms with Gasteiger partial charge in [0.05, 0.1) is 12.2 Å². The summed E-state index contributed by atoms with van der Waals surface area (Å²) < 4.78 is 0. The van der Waals surface area contributed by atoms with E-state index in [1.807, 2.05) is 12.1 Å². The number of rotatable bonds is 7. The van der Waals surface area contributed by atoms with Crippen molar-refractivity contribution in [2.24, 2.45) is 0 Å². The van der Waals surface area contributed by atoms with Gasteiger partial charge >= 0.3 is 5.97 Å². The van der Waals surface area contributed by atoms with Crippen LogP contribution in [0.1, 0.15) is 19.3 Å². The van der Waals surface area contributed by atoms with Gasteiger partial charge in [-0.2, -0.15) is 0 Å². The first-order valence-electron chi connectivity index (χ1n) is 6.21. The van der Waals surface area contributed by atoms with E-state index in [4.69, 9.17) is 5.11 Å². The molecule has 1 N–H and O–H groups in total. The van der Waals surface area contributed by atoms with Gasteiger partial charge in [-0.05, 0) is 25.0 Å². The van der Waals surface area contributed by atoms with Crippen LogP contribution in [0.2, 0.25) is 0 Å². The fourth-order valence-corrected chi connectivity index (χ4v) is 2.55. The lowest BCUT2D eigenvalue weighted by atomic mass is 10.3. The largest absolute Gasteiger partial charge is 0.481 e. The molecule has 1 saturated carbocycles. The van der Waals surface area contributed by atoms with Crippen LogP contribution >= 0.6 is 11.8 Å². The highest BCUT2D eigenvalue weighted by molar-refractivity contribution is 8.00. The summed E-state index contributed by atoms with van der Waals surface area (Å²) in [7, 11) is 0. The molecule has 0 unspecified atom stereocenters. The Hall–Kier alpha value is -1.56. The number of nitrogens with zero attached hydrogens (tertiary/aromatic N) is 2. The van der Waals surface area contributed by atoms with Crippen molar-refractivity contribution >= 4 is 23.6 Å². The van der Waals surface area contributed by atoms with Crippen LogP contribution in [0.5, 0.6) is 0 Å². The maximum atomic E-state index is 12.1. The number of aliphatic carboxylic acids is 1. The molecule has 1 aliphatic carbocycles. The van der Waals surface area contributed by atoms with Crippen LogP contribution in [0, 0.1) is 0 Å². The molecule has 0 aliphatic heterocycles. The Morgan fingerprint density at radius 2 is 2.05 bits per heavy atom. The van der Waals surface area contributed by atoms with E-state index in [0.717, 1.165) is 17.7 Å². The summed E-state index contributed by atoms with van der Waals surface area (Å²) in [5.74, 6) is -0.494. The van der Waals surface area contributed by atoms with Crippen LogP contribution < -0.4 is 0 Å². The van der Waals surface area contributed by atoms with Gasteiger partial charge in [0.1, 0.15) is 0 Å². The molecule has 1 heterocycles. The number of hydrogen-bond donors (Lipinski definition) is 1. The first kappa shape index (κ1) is 13.9. The number of hydrogen-bond acceptors (Lipinski definition) is 4. The number of carboxylic acids is 1. The molecule has 0 atom stereocenters. The van der Waals surface area contributed by atoms with Gasteiger partial charge < -0.3 is 10.0 Å². The maximum absolute atomic E-state index is 12.1. The maximum Gasteiger partial charge on any atom is 0.305 e. The molecule has 1 aromatic rings. The third kappa shape index (κ3) is 4.55. The lowest BCUT2D eigenvalue weighted by Gasteiger charge is -2.21. The van der Waals surface area contributed by atoms with E-state index in [0.29, 0.717) is 12.3 Å². The summed E-state index contributed by atoms with van der Waals surface area (Å²) in [6.45, 7) is 0.315. The highest BCUT2D eigenvalue weighted by Gasteiger charge is 2.32. The summed E-state index contributed by atoms with van der Waals surface area (Å²) in [5.41, 5.74) is 0. The Kier molecular flexibility index (Phi) is 4.79. The van der Waals surface area contributed by atoms with Crippen LogP contribution in [0.4, 0.5) is 0 Å². The third-order valence-corrected chi connectivity index (χ3v) is 3.88. The van der Waals surface area contributed by atoms with Crippen LogP contribution in [0.25, 0.3) is 0 Å². The molecule has 1 amide bonds. The molecule has 19 heavy (non-hydrogen) atoms. The average Bonchev–Trinajstić information content (AvgIpc) is 3.22. The molecule has 0 spiro atoms. The Balaban J connectivity index is 1.83. The predicted molar refractivity (Wildman–Crippen MR) is 71.9 cm³/mol. The molecule has 0 aromatic carbocycles. The fraction of sp³-hybridized carbons (Fsp3) is 0.462. The van der Waals surface area contributed by atoms with Gasteiger partial charge in [-0.3, -0.25) is 14.6 Å². The van der Waals surface area contributed by atoms with Gasteiger partial charge in [-0.15, -0.1) is 11.8 Å². The van der Waals surface area contributed by atoms with E-state index in [9.17, 15) is 9.59 Å². The first-order chi connectivity index (χ1) is 9.16. The minimum absolute atomic E-state index is 0.0160. The van der Waals surface area contributed by atoms with Crippen molar-refractivity contribution < 1.29 is 14.7 Å². The van der Waals surface area contributed by atoms with Crippen molar-refractivity contribution in [3.63, 3.8) is 0 Å². The summed E-state index contributed by atoms with van der Waals surface area (Å²) in [5, 5.41) is 8.70. The molecule has 5 nitrogen and oxygen atoms in total. The zero-order chi connectivity index (χ0) is 13.7. The Morgan fingerprint density at radius 3 is 2.63 bits per heavy atom. The smallest absolute Gasteiger partial charge is 0.305 e. The Morgan fingerprint density at radius 1 is 1.37 bits per heavy atom. The minimum Gasteiger partial charge on any atom is -0.481 e. The lowest BCUT2D eigenvalue weighted by molar-refractivity contribution is -0.138. The van der Waals surface area contributed by atoms with E-state index in [1.165, 1.54) is 11.8 Å². The average molecular weight is 280 g/mol. The number of carbonyl (C=O) groups is 2. The van der Waals surface area contributed by atoms with Crippen molar-refractivity contribution in [3.8, 4) is 0 Å². The Labute approximate surface area is 116 Å². The topological polar surface area (TPSA) is 70.5 Å². The molecule has 102 valence electrons. The normalized spacial score (nSPS) is 14.1. The van der Waals surface area contributed by atoms with E-state index >= 15 is 0 Å². The van der Waals surface area contributed by atoms with Gasteiger partial charge in [0, 0.05) is 29.9 Å². The first-order valence-corrected chi connectivity index (χ1v) is 7.19. The molecule has 0 radical (unpaired) electrons. The molecule has 1 aliphatic rings. The lowest BCUT2D eigenvalue weighted by Crippen LogP contribution is -2.36. The summed E-state index contributed by atoms with van der Waals surface area (Å²) in [6.07, 6.45) is 5.38. The van der Waals surface area contributed by atoms with Gasteiger partial charge in [0.15, 0.2) is 0 Å². The van der Waals surface area contributed by atoms with Crippen LogP contribution in [0.15, 0.2) is 29.4 Å². The number of thioether (sulfide) groups is 1. The van der Waals surface area contributed by atoms with Gasteiger partial charge in [-0.25, -0.2) is 0 Å². The van der Waals surface area contributed by atoms with Crippen LogP contribution in [-0.4, -0.2) is 45.2 Å². The molecule has 1 aromatic heterocycles. The van der Waals surface area contributed by atoms with E-state index in [2.05, 4.69) is 4.98 Å². The second-order valence-corrected chi connectivity index (χ2v) is 5.48. The third-order valence-electron chi connectivity index (χ3n) is 2.89. The predicted octanol–water partition coefficient (Wildman–Crippen LogP) is 1.64.